The molecule has 4 unspecified atom stereocenters. The van der Waals surface area contributed by atoms with Crippen LogP contribution in [0, 0.1) is 29.6 Å². The summed E-state index contributed by atoms with van der Waals surface area (Å²) < 4.78 is 0. The zero-order valence-corrected chi connectivity index (χ0v) is 14.8. The molecule has 0 aromatic carbocycles. The lowest BCUT2D eigenvalue weighted by Crippen LogP contribution is -2.35. The minimum absolute atomic E-state index is 0.777. The Labute approximate surface area is 128 Å². The van der Waals surface area contributed by atoms with Crippen LogP contribution in [-0.4, -0.2) is 13.1 Å². The lowest BCUT2D eigenvalue weighted by Gasteiger charge is -2.37. The van der Waals surface area contributed by atoms with Crippen molar-refractivity contribution in [2.75, 3.05) is 13.1 Å². The smallest absolute Gasteiger partial charge is 0.00178 e. The van der Waals surface area contributed by atoms with E-state index in [0.29, 0.717) is 0 Å². The first-order valence-corrected chi connectivity index (χ1v) is 9.27. The van der Waals surface area contributed by atoms with Crippen LogP contribution in [0.15, 0.2) is 0 Å². The molecule has 1 heteroatoms. The van der Waals surface area contributed by atoms with E-state index in [-0.39, 0.29) is 0 Å². The second-order valence-corrected chi connectivity index (χ2v) is 7.79. The van der Waals surface area contributed by atoms with Crippen LogP contribution in [-0.2, 0) is 0 Å². The summed E-state index contributed by atoms with van der Waals surface area (Å²) >= 11 is 0. The largest absolute Gasteiger partial charge is 0.316 e. The van der Waals surface area contributed by atoms with Crippen LogP contribution in [0.3, 0.4) is 0 Å². The van der Waals surface area contributed by atoms with E-state index in [1.165, 1.54) is 58.0 Å². The molecule has 1 aliphatic rings. The predicted octanol–water partition coefficient (Wildman–Crippen LogP) is 5.50. The van der Waals surface area contributed by atoms with Crippen molar-refractivity contribution in [1.82, 2.24) is 5.32 Å². The maximum atomic E-state index is 3.72. The second kappa shape index (κ2) is 9.82. The highest BCUT2D eigenvalue weighted by Gasteiger charge is 2.30. The molecule has 1 aliphatic carbocycles. The quantitative estimate of drug-likeness (QED) is 0.588. The fourth-order valence-corrected chi connectivity index (χ4v) is 4.04. The van der Waals surface area contributed by atoms with Crippen LogP contribution < -0.4 is 5.32 Å². The molecule has 120 valence electrons. The van der Waals surface area contributed by atoms with Crippen molar-refractivity contribution >= 4 is 0 Å². The molecule has 0 aliphatic heterocycles. The highest BCUT2D eigenvalue weighted by molar-refractivity contribution is 4.82. The van der Waals surface area contributed by atoms with Gasteiger partial charge in [0.25, 0.3) is 0 Å². The van der Waals surface area contributed by atoms with Crippen molar-refractivity contribution in [1.29, 1.82) is 0 Å². The minimum atomic E-state index is 0.777. The Morgan fingerprint density at radius 3 is 2.40 bits per heavy atom. The van der Waals surface area contributed by atoms with Gasteiger partial charge in [-0.2, -0.15) is 0 Å². The van der Waals surface area contributed by atoms with Crippen molar-refractivity contribution < 1.29 is 0 Å². The summed E-state index contributed by atoms with van der Waals surface area (Å²) in [7, 11) is 0. The van der Waals surface area contributed by atoms with Gasteiger partial charge < -0.3 is 5.32 Å². The molecular weight excluding hydrogens is 242 g/mol. The van der Waals surface area contributed by atoms with E-state index in [1.54, 1.807) is 0 Å². The first-order valence-electron chi connectivity index (χ1n) is 9.27. The molecule has 0 bridgehead atoms. The fourth-order valence-electron chi connectivity index (χ4n) is 4.04. The van der Waals surface area contributed by atoms with E-state index >= 15 is 0 Å². The van der Waals surface area contributed by atoms with Gasteiger partial charge in [0.05, 0.1) is 0 Å². The molecule has 0 radical (unpaired) electrons. The maximum Gasteiger partial charge on any atom is -0.00178 e. The molecule has 0 aromatic rings. The highest BCUT2D eigenvalue weighted by Crippen LogP contribution is 2.39. The Morgan fingerprint density at radius 2 is 1.80 bits per heavy atom. The first-order chi connectivity index (χ1) is 9.56. The van der Waals surface area contributed by atoms with Crippen LogP contribution in [0.4, 0.5) is 0 Å². The topological polar surface area (TPSA) is 12.0 Å². The fraction of sp³-hybridized carbons (Fsp3) is 1.00. The van der Waals surface area contributed by atoms with Gasteiger partial charge >= 0.3 is 0 Å². The highest BCUT2D eigenvalue weighted by atomic mass is 14.9. The summed E-state index contributed by atoms with van der Waals surface area (Å²) in [6, 6.07) is 0. The SMILES string of the molecule is CCCC(C)CC1CC(CC)CCC1CNCC(C)C. The predicted molar refractivity (Wildman–Crippen MR) is 91.0 cm³/mol. The van der Waals surface area contributed by atoms with Gasteiger partial charge in [0.15, 0.2) is 0 Å². The Balaban J connectivity index is 2.46. The molecule has 0 aromatic heterocycles. The number of hydrogen-bond acceptors (Lipinski definition) is 1. The molecule has 0 spiro atoms. The van der Waals surface area contributed by atoms with Crippen LogP contribution in [0.25, 0.3) is 0 Å². The second-order valence-electron chi connectivity index (χ2n) is 7.79. The van der Waals surface area contributed by atoms with Gasteiger partial charge in [0.2, 0.25) is 0 Å². The van der Waals surface area contributed by atoms with E-state index in [9.17, 15) is 0 Å². The van der Waals surface area contributed by atoms with Crippen molar-refractivity contribution in [2.24, 2.45) is 29.6 Å². The van der Waals surface area contributed by atoms with Gasteiger partial charge in [0, 0.05) is 0 Å². The third-order valence-electron chi connectivity index (χ3n) is 5.27. The molecule has 1 fully saturated rings. The van der Waals surface area contributed by atoms with Gasteiger partial charge in [-0.3, -0.25) is 0 Å². The zero-order valence-electron chi connectivity index (χ0n) is 14.8. The van der Waals surface area contributed by atoms with Crippen LogP contribution in [0.2, 0.25) is 0 Å². The lowest BCUT2D eigenvalue weighted by atomic mass is 9.70. The summed E-state index contributed by atoms with van der Waals surface area (Å²) in [5, 5.41) is 3.72. The van der Waals surface area contributed by atoms with Gasteiger partial charge in [-0.25, -0.2) is 0 Å². The Hall–Kier alpha value is -0.0400. The van der Waals surface area contributed by atoms with Crippen LogP contribution in [0.5, 0.6) is 0 Å². The summed E-state index contributed by atoms with van der Waals surface area (Å²) in [5.74, 6) is 4.63. The molecule has 0 heterocycles. The number of nitrogens with one attached hydrogen (secondary N) is 1. The van der Waals surface area contributed by atoms with Crippen LogP contribution in [0.1, 0.15) is 79.6 Å². The van der Waals surface area contributed by atoms with E-state index in [4.69, 9.17) is 0 Å². The van der Waals surface area contributed by atoms with E-state index in [2.05, 4.69) is 39.9 Å². The average molecular weight is 282 g/mol. The van der Waals surface area contributed by atoms with Gasteiger partial charge in [0.1, 0.15) is 0 Å². The van der Waals surface area contributed by atoms with E-state index < -0.39 is 0 Å². The summed E-state index contributed by atoms with van der Waals surface area (Å²) in [6.45, 7) is 14.2. The lowest BCUT2D eigenvalue weighted by molar-refractivity contribution is 0.144. The van der Waals surface area contributed by atoms with Crippen molar-refractivity contribution in [3.8, 4) is 0 Å². The molecule has 0 amide bonds. The number of hydrogen-bond donors (Lipinski definition) is 1. The van der Waals surface area contributed by atoms with Crippen molar-refractivity contribution in [3.63, 3.8) is 0 Å². The van der Waals surface area contributed by atoms with Crippen molar-refractivity contribution in [3.05, 3.63) is 0 Å². The molecule has 1 N–H and O–H groups in total. The third-order valence-corrected chi connectivity index (χ3v) is 5.27. The Morgan fingerprint density at radius 1 is 1.05 bits per heavy atom. The molecule has 20 heavy (non-hydrogen) atoms. The number of rotatable bonds is 9. The average Bonchev–Trinajstić information content (AvgIpc) is 2.40. The maximum absolute atomic E-state index is 3.72. The summed E-state index contributed by atoms with van der Waals surface area (Å²) in [5.41, 5.74) is 0. The molecule has 4 atom stereocenters. The summed E-state index contributed by atoms with van der Waals surface area (Å²) in [6.07, 6.45) is 10.1. The molecule has 0 saturated heterocycles. The van der Waals surface area contributed by atoms with Gasteiger partial charge in [-0.05, 0) is 61.9 Å². The molecule has 1 rings (SSSR count). The van der Waals surface area contributed by atoms with Gasteiger partial charge in [-0.15, -0.1) is 0 Å². The monoisotopic (exact) mass is 281 g/mol. The van der Waals surface area contributed by atoms with Crippen molar-refractivity contribution in [2.45, 2.75) is 79.6 Å². The molecular formula is C19H39N. The normalized spacial score (nSPS) is 28.8. The van der Waals surface area contributed by atoms with E-state index in [0.717, 1.165) is 29.6 Å². The Bertz CT molecular complexity index is 236. The van der Waals surface area contributed by atoms with E-state index in [1.807, 2.05) is 0 Å². The van der Waals surface area contributed by atoms with Crippen LogP contribution >= 0.6 is 0 Å². The van der Waals surface area contributed by atoms with Gasteiger partial charge in [-0.1, -0.05) is 60.3 Å². The third kappa shape index (κ3) is 6.61. The zero-order chi connectivity index (χ0) is 15.0. The molecule has 1 nitrogen and oxygen atoms in total. The molecule has 1 saturated carbocycles. The minimum Gasteiger partial charge on any atom is -0.316 e. The standard InChI is InChI=1S/C19H39N/c1-6-8-16(5)11-19-12-17(7-2)9-10-18(19)14-20-13-15(3)4/h15-20H,6-14H2,1-5H3. The summed E-state index contributed by atoms with van der Waals surface area (Å²) in [4.78, 5) is 0. The Kier molecular flexibility index (Phi) is 8.84. The first kappa shape index (κ1) is 18.0.